The number of benzene rings is 1. The summed E-state index contributed by atoms with van der Waals surface area (Å²) in [6.07, 6.45) is 0. The van der Waals surface area contributed by atoms with Gasteiger partial charge in [-0.3, -0.25) is 4.90 Å². The lowest BCUT2D eigenvalue weighted by atomic mass is 10.1. The Labute approximate surface area is 127 Å². The minimum atomic E-state index is -0.00187. The van der Waals surface area contributed by atoms with Crippen molar-refractivity contribution in [1.82, 2.24) is 9.80 Å². The molecule has 1 aliphatic rings. The van der Waals surface area contributed by atoms with Crippen LogP contribution in [0.5, 0.6) is 11.5 Å². The van der Waals surface area contributed by atoms with E-state index < -0.39 is 0 Å². The molecule has 1 aromatic carbocycles. The van der Waals surface area contributed by atoms with Crippen molar-refractivity contribution in [3.8, 4) is 11.5 Å². The van der Waals surface area contributed by atoms with Crippen LogP contribution in [0.3, 0.4) is 0 Å². The standard InChI is InChI=1S/C16H27N3O2/c1-4-18-7-9-19(10-8-18)12-14(17)13-5-6-15(20-2)16(11-13)21-3/h5-6,11,14H,4,7-10,12,17H2,1-3H3. The maximum absolute atomic E-state index is 6.36. The van der Waals surface area contributed by atoms with Crippen LogP contribution < -0.4 is 15.2 Å². The molecular formula is C16H27N3O2. The lowest BCUT2D eigenvalue weighted by Gasteiger charge is -2.35. The molecule has 0 aliphatic carbocycles. The van der Waals surface area contributed by atoms with E-state index in [4.69, 9.17) is 15.2 Å². The quantitative estimate of drug-likeness (QED) is 0.858. The number of likely N-dealkylation sites (N-methyl/N-ethyl adjacent to an activating group) is 1. The Balaban J connectivity index is 1.95. The predicted molar refractivity (Wildman–Crippen MR) is 85.0 cm³/mol. The van der Waals surface area contributed by atoms with Gasteiger partial charge in [-0.05, 0) is 24.2 Å². The largest absolute Gasteiger partial charge is 0.493 e. The smallest absolute Gasteiger partial charge is 0.161 e. The molecule has 0 amide bonds. The third-order valence-electron chi connectivity index (χ3n) is 4.20. The summed E-state index contributed by atoms with van der Waals surface area (Å²) in [5, 5.41) is 0. The van der Waals surface area contributed by atoms with Crippen molar-refractivity contribution in [3.63, 3.8) is 0 Å². The van der Waals surface area contributed by atoms with Crippen molar-refractivity contribution in [2.24, 2.45) is 5.73 Å². The fourth-order valence-electron chi connectivity index (χ4n) is 2.76. The van der Waals surface area contributed by atoms with Crippen molar-refractivity contribution in [1.29, 1.82) is 0 Å². The normalized spacial score (nSPS) is 18.5. The zero-order valence-corrected chi connectivity index (χ0v) is 13.3. The summed E-state index contributed by atoms with van der Waals surface area (Å²) in [6, 6.07) is 5.92. The summed E-state index contributed by atoms with van der Waals surface area (Å²) in [7, 11) is 3.29. The van der Waals surface area contributed by atoms with Gasteiger partial charge in [-0.25, -0.2) is 0 Å². The molecule has 0 saturated carbocycles. The van der Waals surface area contributed by atoms with Gasteiger partial charge in [0.2, 0.25) is 0 Å². The summed E-state index contributed by atoms with van der Waals surface area (Å²) in [4.78, 5) is 4.91. The Bertz CT molecular complexity index is 445. The van der Waals surface area contributed by atoms with Crippen molar-refractivity contribution in [2.45, 2.75) is 13.0 Å². The minimum Gasteiger partial charge on any atom is -0.493 e. The molecule has 5 heteroatoms. The minimum absolute atomic E-state index is 0.00187. The Morgan fingerprint density at radius 3 is 2.24 bits per heavy atom. The highest BCUT2D eigenvalue weighted by molar-refractivity contribution is 5.43. The van der Waals surface area contributed by atoms with Crippen molar-refractivity contribution in [2.75, 3.05) is 53.5 Å². The Hall–Kier alpha value is -1.30. The van der Waals surface area contributed by atoms with Crippen molar-refractivity contribution >= 4 is 0 Å². The van der Waals surface area contributed by atoms with Gasteiger partial charge in [-0.15, -0.1) is 0 Å². The summed E-state index contributed by atoms with van der Waals surface area (Å²) in [5.74, 6) is 1.48. The second-order valence-electron chi connectivity index (χ2n) is 5.46. The van der Waals surface area contributed by atoms with Crippen molar-refractivity contribution in [3.05, 3.63) is 23.8 Å². The van der Waals surface area contributed by atoms with Crippen LogP contribution in [0, 0.1) is 0 Å². The Morgan fingerprint density at radius 2 is 1.67 bits per heavy atom. The number of nitrogens with two attached hydrogens (primary N) is 1. The molecule has 1 heterocycles. The highest BCUT2D eigenvalue weighted by Crippen LogP contribution is 2.29. The maximum Gasteiger partial charge on any atom is 0.161 e. The molecule has 1 unspecified atom stereocenters. The maximum atomic E-state index is 6.36. The second-order valence-corrected chi connectivity index (χ2v) is 5.46. The molecule has 1 saturated heterocycles. The van der Waals surface area contributed by atoms with Gasteiger partial charge in [0.15, 0.2) is 11.5 Å². The SMILES string of the molecule is CCN1CCN(CC(N)c2ccc(OC)c(OC)c2)CC1. The number of methoxy groups -OCH3 is 2. The Kier molecular flexibility index (Phi) is 5.85. The van der Waals surface area contributed by atoms with Crippen LogP contribution in [0.4, 0.5) is 0 Å². The molecule has 2 rings (SSSR count). The molecule has 1 aromatic rings. The molecular weight excluding hydrogens is 266 g/mol. The topological polar surface area (TPSA) is 51.0 Å². The van der Waals surface area contributed by atoms with Crippen LogP contribution in [0.1, 0.15) is 18.5 Å². The highest BCUT2D eigenvalue weighted by atomic mass is 16.5. The summed E-state index contributed by atoms with van der Waals surface area (Å²) < 4.78 is 10.6. The van der Waals surface area contributed by atoms with Gasteiger partial charge in [-0.2, -0.15) is 0 Å². The van der Waals surface area contributed by atoms with Crippen LogP contribution in [-0.2, 0) is 0 Å². The van der Waals surface area contributed by atoms with Gasteiger partial charge in [0.25, 0.3) is 0 Å². The lowest BCUT2D eigenvalue weighted by molar-refractivity contribution is 0.131. The van der Waals surface area contributed by atoms with E-state index in [1.807, 2.05) is 18.2 Å². The molecule has 1 fully saturated rings. The molecule has 0 spiro atoms. The first kappa shape index (κ1) is 16.1. The van der Waals surface area contributed by atoms with Gasteiger partial charge in [0, 0.05) is 38.8 Å². The van der Waals surface area contributed by atoms with E-state index >= 15 is 0 Å². The molecule has 2 N–H and O–H groups in total. The van der Waals surface area contributed by atoms with Crippen molar-refractivity contribution < 1.29 is 9.47 Å². The molecule has 0 bridgehead atoms. The average Bonchev–Trinajstić information content (AvgIpc) is 2.54. The fourth-order valence-corrected chi connectivity index (χ4v) is 2.76. The van der Waals surface area contributed by atoms with Crippen LogP contribution in [0.2, 0.25) is 0 Å². The van der Waals surface area contributed by atoms with E-state index in [2.05, 4.69) is 16.7 Å². The molecule has 0 radical (unpaired) electrons. The fraction of sp³-hybridized carbons (Fsp3) is 0.625. The van der Waals surface area contributed by atoms with E-state index in [1.165, 1.54) is 0 Å². The predicted octanol–water partition coefficient (Wildman–Crippen LogP) is 1.34. The van der Waals surface area contributed by atoms with Gasteiger partial charge in [-0.1, -0.05) is 13.0 Å². The van der Waals surface area contributed by atoms with Crippen LogP contribution in [0.15, 0.2) is 18.2 Å². The van der Waals surface area contributed by atoms with Crippen LogP contribution in [0.25, 0.3) is 0 Å². The summed E-state index contributed by atoms with van der Waals surface area (Å²) in [5.41, 5.74) is 7.44. The van der Waals surface area contributed by atoms with E-state index in [0.717, 1.165) is 56.3 Å². The first-order valence-corrected chi connectivity index (χ1v) is 7.60. The first-order chi connectivity index (χ1) is 10.2. The highest BCUT2D eigenvalue weighted by Gasteiger charge is 2.19. The van der Waals surface area contributed by atoms with E-state index in [-0.39, 0.29) is 6.04 Å². The second kappa shape index (κ2) is 7.64. The molecule has 118 valence electrons. The lowest BCUT2D eigenvalue weighted by Crippen LogP contribution is -2.48. The van der Waals surface area contributed by atoms with E-state index in [1.54, 1.807) is 14.2 Å². The molecule has 1 atom stereocenters. The zero-order valence-electron chi connectivity index (χ0n) is 13.3. The summed E-state index contributed by atoms with van der Waals surface area (Å²) in [6.45, 7) is 8.68. The van der Waals surface area contributed by atoms with Gasteiger partial charge >= 0.3 is 0 Å². The number of ether oxygens (including phenoxy) is 2. The third kappa shape index (κ3) is 4.09. The van der Waals surface area contributed by atoms with Crippen LogP contribution in [-0.4, -0.2) is 63.3 Å². The number of rotatable bonds is 6. The summed E-state index contributed by atoms with van der Waals surface area (Å²) >= 11 is 0. The van der Waals surface area contributed by atoms with Crippen LogP contribution >= 0.6 is 0 Å². The van der Waals surface area contributed by atoms with Gasteiger partial charge in [0.1, 0.15) is 0 Å². The zero-order chi connectivity index (χ0) is 15.2. The van der Waals surface area contributed by atoms with E-state index in [0.29, 0.717) is 0 Å². The number of nitrogens with zero attached hydrogens (tertiary/aromatic N) is 2. The van der Waals surface area contributed by atoms with E-state index in [9.17, 15) is 0 Å². The Morgan fingerprint density at radius 1 is 1.05 bits per heavy atom. The third-order valence-corrected chi connectivity index (χ3v) is 4.20. The molecule has 21 heavy (non-hydrogen) atoms. The van der Waals surface area contributed by atoms with Gasteiger partial charge in [0.05, 0.1) is 14.2 Å². The molecule has 1 aliphatic heterocycles. The number of hydrogen-bond acceptors (Lipinski definition) is 5. The first-order valence-electron chi connectivity index (χ1n) is 7.60. The van der Waals surface area contributed by atoms with Gasteiger partial charge < -0.3 is 20.1 Å². The number of hydrogen-bond donors (Lipinski definition) is 1. The molecule has 0 aromatic heterocycles. The molecule has 5 nitrogen and oxygen atoms in total. The number of piperazine rings is 1. The average molecular weight is 293 g/mol. The monoisotopic (exact) mass is 293 g/mol.